The normalized spacial score (nSPS) is 18.8. The maximum atomic E-state index is 13.7. The van der Waals surface area contributed by atoms with Crippen LogP contribution in [0.15, 0.2) is 83.8 Å². The second kappa shape index (κ2) is 6.60. The van der Waals surface area contributed by atoms with Crippen molar-refractivity contribution in [2.75, 3.05) is 0 Å². The van der Waals surface area contributed by atoms with Gasteiger partial charge in [-0.25, -0.2) is 12.4 Å². The van der Waals surface area contributed by atoms with Crippen molar-refractivity contribution in [3.05, 3.63) is 101 Å². The Hall–Kier alpha value is -2.85. The maximum absolute atomic E-state index is 13.7. The first kappa shape index (κ1) is 18.2. The molecule has 4 aromatic rings. The molecule has 0 aliphatic heterocycles. The smallest absolute Gasteiger partial charge is 0.237 e. The Bertz CT molecular complexity index is 1300. The molecule has 0 unspecified atom stereocenters. The number of hydrogen-bond donors (Lipinski definition) is 0. The van der Waals surface area contributed by atoms with Crippen LogP contribution in [0.5, 0.6) is 0 Å². The first-order valence-corrected chi connectivity index (χ1v) is 11.4. The Labute approximate surface area is 171 Å². The van der Waals surface area contributed by atoms with Gasteiger partial charge in [0.25, 0.3) is 10.0 Å². The summed E-state index contributed by atoms with van der Waals surface area (Å²) in [7, 11) is -3.69. The highest BCUT2D eigenvalue weighted by Crippen LogP contribution is 2.56. The maximum Gasteiger partial charge on any atom is 0.268 e. The molecule has 1 aromatic heterocycles. The number of benzene rings is 3. The third-order valence-corrected chi connectivity index (χ3v) is 7.80. The van der Waals surface area contributed by atoms with Crippen molar-refractivity contribution in [1.82, 2.24) is 3.97 Å². The van der Waals surface area contributed by atoms with Gasteiger partial charge in [0.05, 0.1) is 10.4 Å². The van der Waals surface area contributed by atoms with Crippen LogP contribution in [0.1, 0.15) is 40.6 Å². The van der Waals surface area contributed by atoms with Gasteiger partial charge >= 0.3 is 0 Å². The molecule has 3 aromatic carbocycles. The van der Waals surface area contributed by atoms with E-state index in [1.807, 2.05) is 49.4 Å². The number of hydrogen-bond acceptors (Lipinski definition) is 2. The summed E-state index contributed by atoms with van der Waals surface area (Å²) >= 11 is 0. The molecule has 0 spiro atoms. The second-order valence-electron chi connectivity index (χ2n) is 7.97. The van der Waals surface area contributed by atoms with Crippen molar-refractivity contribution in [3.63, 3.8) is 0 Å². The highest BCUT2D eigenvalue weighted by Gasteiger charge is 2.44. The van der Waals surface area contributed by atoms with Crippen LogP contribution in [0.2, 0.25) is 0 Å². The topological polar surface area (TPSA) is 39.1 Å². The summed E-state index contributed by atoms with van der Waals surface area (Å²) in [5.41, 5.74) is 5.09. The molecule has 1 aliphatic carbocycles. The fourth-order valence-electron chi connectivity index (χ4n) is 4.46. The highest BCUT2D eigenvalue weighted by molar-refractivity contribution is 7.90. The average Bonchev–Trinajstić information content (AvgIpc) is 3.47. The molecule has 2 atom stereocenters. The molecular formula is C25H23NO2S. The van der Waals surface area contributed by atoms with Crippen molar-refractivity contribution < 1.29 is 8.42 Å². The predicted octanol–water partition coefficient (Wildman–Crippen LogP) is 5.77. The van der Waals surface area contributed by atoms with E-state index in [2.05, 4.69) is 31.2 Å². The predicted molar refractivity (Wildman–Crippen MR) is 117 cm³/mol. The van der Waals surface area contributed by atoms with E-state index in [1.165, 1.54) is 5.56 Å². The first-order valence-electron chi connectivity index (χ1n) is 9.95. The van der Waals surface area contributed by atoms with Crippen molar-refractivity contribution in [2.24, 2.45) is 0 Å². The quantitative estimate of drug-likeness (QED) is 0.436. The van der Waals surface area contributed by atoms with E-state index in [0.717, 1.165) is 34.1 Å². The van der Waals surface area contributed by atoms with E-state index in [4.69, 9.17) is 0 Å². The van der Waals surface area contributed by atoms with E-state index in [0.29, 0.717) is 10.8 Å². The van der Waals surface area contributed by atoms with Gasteiger partial charge in [0.15, 0.2) is 0 Å². The van der Waals surface area contributed by atoms with Crippen LogP contribution in [0, 0.1) is 13.8 Å². The summed E-state index contributed by atoms with van der Waals surface area (Å²) in [4.78, 5) is 0.335. The minimum atomic E-state index is -3.69. The van der Waals surface area contributed by atoms with Gasteiger partial charge in [-0.15, -0.1) is 0 Å². The molecule has 5 rings (SSSR count). The minimum absolute atomic E-state index is 0.213. The van der Waals surface area contributed by atoms with Gasteiger partial charge in [0.2, 0.25) is 0 Å². The van der Waals surface area contributed by atoms with Crippen molar-refractivity contribution >= 4 is 20.9 Å². The van der Waals surface area contributed by atoms with E-state index >= 15 is 0 Å². The Kier molecular flexibility index (Phi) is 4.14. The van der Waals surface area contributed by atoms with Gasteiger partial charge in [0, 0.05) is 17.0 Å². The van der Waals surface area contributed by atoms with Crippen LogP contribution in [0.3, 0.4) is 0 Å². The molecule has 29 heavy (non-hydrogen) atoms. The van der Waals surface area contributed by atoms with Gasteiger partial charge in [-0.05, 0) is 55.5 Å². The molecular weight excluding hydrogens is 378 g/mol. The molecule has 1 fully saturated rings. The lowest BCUT2D eigenvalue weighted by atomic mass is 10.1. The summed E-state index contributed by atoms with van der Waals surface area (Å²) in [6.07, 6.45) is 0.977. The molecule has 0 bridgehead atoms. The largest absolute Gasteiger partial charge is 0.268 e. The Morgan fingerprint density at radius 2 is 1.45 bits per heavy atom. The Morgan fingerprint density at radius 1 is 0.793 bits per heavy atom. The van der Waals surface area contributed by atoms with Crippen LogP contribution in [0.4, 0.5) is 0 Å². The highest BCUT2D eigenvalue weighted by atomic mass is 32.2. The fraction of sp³-hybridized carbons (Fsp3) is 0.200. The average molecular weight is 402 g/mol. The van der Waals surface area contributed by atoms with Crippen LogP contribution in [0.25, 0.3) is 10.9 Å². The standard InChI is InChI=1S/C25H23NO2S/c1-17-12-14-20(15-13-17)29(27,28)26-24-11-7-6-10-21(24)18(2)25(26)23-16-22(23)19-8-4-3-5-9-19/h3-15,22-23H,16H2,1-2H3/t22-,23-/m0/s1. The molecule has 1 saturated carbocycles. The van der Waals surface area contributed by atoms with Gasteiger partial charge < -0.3 is 0 Å². The molecule has 1 heterocycles. The lowest BCUT2D eigenvalue weighted by molar-refractivity contribution is 0.586. The lowest BCUT2D eigenvalue weighted by Crippen LogP contribution is -2.16. The first-order chi connectivity index (χ1) is 14.0. The third-order valence-electron chi connectivity index (χ3n) is 6.06. The zero-order valence-electron chi connectivity index (χ0n) is 16.5. The van der Waals surface area contributed by atoms with Gasteiger partial charge in [-0.1, -0.05) is 66.2 Å². The fourth-order valence-corrected chi connectivity index (χ4v) is 6.10. The molecule has 4 heteroatoms. The lowest BCUT2D eigenvalue weighted by Gasteiger charge is -2.13. The molecule has 0 amide bonds. The molecule has 3 nitrogen and oxygen atoms in total. The molecule has 0 N–H and O–H groups in total. The minimum Gasteiger partial charge on any atom is -0.237 e. The SMILES string of the molecule is Cc1ccc(S(=O)(=O)n2c([C@H]3C[C@H]3c3ccccc3)c(C)c3ccccc32)cc1. The van der Waals surface area contributed by atoms with E-state index < -0.39 is 10.0 Å². The van der Waals surface area contributed by atoms with Crippen LogP contribution < -0.4 is 0 Å². The number of para-hydroxylation sites is 1. The van der Waals surface area contributed by atoms with Crippen LogP contribution >= 0.6 is 0 Å². The number of nitrogens with zero attached hydrogens (tertiary/aromatic N) is 1. The monoisotopic (exact) mass is 401 g/mol. The van der Waals surface area contributed by atoms with E-state index in [9.17, 15) is 8.42 Å². The number of rotatable bonds is 4. The number of aryl methyl sites for hydroxylation is 2. The summed E-state index contributed by atoms with van der Waals surface area (Å²) in [6, 6.07) is 25.4. The van der Waals surface area contributed by atoms with Crippen molar-refractivity contribution in [2.45, 2.75) is 37.0 Å². The zero-order chi connectivity index (χ0) is 20.2. The molecule has 1 aliphatic rings. The van der Waals surface area contributed by atoms with Crippen molar-refractivity contribution in [1.29, 1.82) is 0 Å². The molecule has 0 saturated heterocycles. The summed E-state index contributed by atoms with van der Waals surface area (Å²) in [6.45, 7) is 4.02. The van der Waals surface area contributed by atoms with Gasteiger partial charge in [-0.2, -0.15) is 0 Å². The van der Waals surface area contributed by atoms with Crippen LogP contribution in [-0.4, -0.2) is 12.4 Å². The van der Waals surface area contributed by atoms with Gasteiger partial charge in [0.1, 0.15) is 0 Å². The summed E-state index contributed by atoms with van der Waals surface area (Å²) in [5.74, 6) is 0.580. The number of aromatic nitrogens is 1. The van der Waals surface area contributed by atoms with Crippen LogP contribution in [-0.2, 0) is 10.0 Å². The summed E-state index contributed by atoms with van der Waals surface area (Å²) < 4.78 is 29.1. The second-order valence-corrected chi connectivity index (χ2v) is 9.76. The van der Waals surface area contributed by atoms with Gasteiger partial charge in [-0.3, -0.25) is 0 Å². The van der Waals surface area contributed by atoms with E-state index in [-0.39, 0.29) is 5.92 Å². The zero-order valence-corrected chi connectivity index (χ0v) is 17.4. The number of fused-ring (bicyclic) bond motifs is 1. The van der Waals surface area contributed by atoms with Crippen molar-refractivity contribution in [3.8, 4) is 0 Å². The summed E-state index contributed by atoms with van der Waals surface area (Å²) in [5, 5.41) is 1.01. The third kappa shape index (κ3) is 2.90. The molecule has 146 valence electrons. The Balaban J connectivity index is 1.71. The van der Waals surface area contributed by atoms with E-state index in [1.54, 1.807) is 16.1 Å². The molecule has 0 radical (unpaired) electrons. The Morgan fingerprint density at radius 3 is 2.17 bits per heavy atom.